The third-order valence-electron chi connectivity index (χ3n) is 3.55. The highest BCUT2D eigenvalue weighted by Gasteiger charge is 2.10. The number of anilines is 1. The second-order valence-corrected chi connectivity index (χ2v) is 5.34. The Morgan fingerprint density at radius 2 is 1.76 bits per heavy atom. The number of aromatic nitrogens is 2. The number of hydrogen-bond donors (Lipinski definition) is 1. The van der Waals surface area contributed by atoms with Gasteiger partial charge in [0, 0.05) is 11.8 Å². The molecule has 0 radical (unpaired) electrons. The molecule has 1 amide bonds. The Morgan fingerprint density at radius 3 is 2.44 bits per heavy atom. The molecular formula is C19H14N4O2. The summed E-state index contributed by atoms with van der Waals surface area (Å²) in [4.78, 5) is 24.3. The van der Waals surface area contributed by atoms with Gasteiger partial charge >= 0.3 is 0 Å². The molecule has 0 atom stereocenters. The Kier molecular flexibility index (Phi) is 4.67. The van der Waals surface area contributed by atoms with Crippen LogP contribution in [-0.4, -0.2) is 15.7 Å². The largest absolute Gasteiger partial charge is 0.321 e. The Morgan fingerprint density at radius 1 is 1.04 bits per heavy atom. The van der Waals surface area contributed by atoms with E-state index in [-0.39, 0.29) is 17.8 Å². The lowest BCUT2D eigenvalue weighted by atomic mass is 10.2. The molecule has 0 unspecified atom stereocenters. The van der Waals surface area contributed by atoms with E-state index in [1.165, 1.54) is 16.8 Å². The summed E-state index contributed by atoms with van der Waals surface area (Å²) in [5.74, 6) is -0.425. The molecule has 0 aliphatic carbocycles. The van der Waals surface area contributed by atoms with Crippen LogP contribution < -0.4 is 10.9 Å². The first-order chi connectivity index (χ1) is 12.2. The van der Waals surface area contributed by atoms with Gasteiger partial charge in [0.05, 0.1) is 18.2 Å². The molecule has 1 N–H and O–H groups in total. The van der Waals surface area contributed by atoms with Crippen molar-refractivity contribution in [2.24, 2.45) is 0 Å². The highest BCUT2D eigenvalue weighted by molar-refractivity contribution is 6.02. The van der Waals surface area contributed by atoms with E-state index < -0.39 is 5.91 Å². The van der Waals surface area contributed by atoms with Crippen LogP contribution in [0.2, 0.25) is 0 Å². The van der Waals surface area contributed by atoms with Crippen LogP contribution in [-0.2, 0) is 6.54 Å². The zero-order valence-corrected chi connectivity index (χ0v) is 13.2. The quantitative estimate of drug-likeness (QED) is 0.796. The highest BCUT2D eigenvalue weighted by Crippen LogP contribution is 2.10. The lowest BCUT2D eigenvalue weighted by molar-refractivity contribution is 0.102. The molecule has 1 heterocycles. The SMILES string of the molecule is N#Cc1ccc(NC(=O)c2ccc(=O)n(Cc3ccccc3)n2)cc1. The zero-order valence-electron chi connectivity index (χ0n) is 13.2. The number of carbonyl (C=O) groups is 1. The molecule has 2 aromatic carbocycles. The molecule has 0 aliphatic heterocycles. The molecule has 0 bridgehead atoms. The summed E-state index contributed by atoms with van der Waals surface area (Å²) in [6.07, 6.45) is 0. The highest BCUT2D eigenvalue weighted by atomic mass is 16.2. The Hall–Kier alpha value is -3.72. The van der Waals surface area contributed by atoms with Crippen LogP contribution in [0, 0.1) is 11.3 Å². The number of rotatable bonds is 4. The van der Waals surface area contributed by atoms with E-state index in [4.69, 9.17) is 5.26 Å². The first-order valence-electron chi connectivity index (χ1n) is 7.59. The maximum absolute atomic E-state index is 12.3. The fourth-order valence-electron chi connectivity index (χ4n) is 2.26. The molecule has 122 valence electrons. The summed E-state index contributed by atoms with van der Waals surface area (Å²) in [5.41, 5.74) is 1.83. The van der Waals surface area contributed by atoms with Gasteiger partial charge in [-0.3, -0.25) is 9.59 Å². The number of nitrogens with zero attached hydrogens (tertiary/aromatic N) is 3. The van der Waals surface area contributed by atoms with E-state index in [1.54, 1.807) is 24.3 Å². The second kappa shape index (κ2) is 7.23. The Labute approximate surface area is 144 Å². The van der Waals surface area contributed by atoms with Gasteiger partial charge in [0.2, 0.25) is 0 Å². The maximum atomic E-state index is 12.3. The third kappa shape index (κ3) is 3.98. The standard InChI is InChI=1S/C19H14N4O2/c20-12-14-6-8-16(9-7-14)21-19(25)17-10-11-18(24)23(22-17)13-15-4-2-1-3-5-15/h1-11H,13H2,(H,21,25). The predicted molar refractivity (Wildman–Crippen MR) is 93.2 cm³/mol. The van der Waals surface area contributed by atoms with Crippen molar-refractivity contribution in [1.82, 2.24) is 9.78 Å². The molecule has 6 heteroatoms. The minimum Gasteiger partial charge on any atom is -0.321 e. The number of nitrogens with one attached hydrogen (secondary N) is 1. The Bertz CT molecular complexity index is 986. The van der Waals surface area contributed by atoms with Gasteiger partial charge in [-0.25, -0.2) is 4.68 Å². The van der Waals surface area contributed by atoms with Crippen LogP contribution >= 0.6 is 0 Å². The Balaban J connectivity index is 1.79. The molecule has 3 rings (SSSR count). The van der Waals surface area contributed by atoms with Crippen LogP contribution in [0.25, 0.3) is 0 Å². The topological polar surface area (TPSA) is 87.8 Å². The molecule has 1 aromatic heterocycles. The van der Waals surface area contributed by atoms with E-state index in [0.29, 0.717) is 11.3 Å². The lowest BCUT2D eigenvalue weighted by Crippen LogP contribution is -2.26. The molecule has 25 heavy (non-hydrogen) atoms. The fraction of sp³-hybridized carbons (Fsp3) is 0.0526. The molecular weight excluding hydrogens is 316 g/mol. The van der Waals surface area contributed by atoms with Crippen molar-refractivity contribution in [2.75, 3.05) is 5.32 Å². The van der Waals surface area contributed by atoms with Gasteiger partial charge in [-0.05, 0) is 35.9 Å². The van der Waals surface area contributed by atoms with E-state index in [9.17, 15) is 9.59 Å². The molecule has 0 spiro atoms. The van der Waals surface area contributed by atoms with Crippen molar-refractivity contribution >= 4 is 11.6 Å². The van der Waals surface area contributed by atoms with E-state index >= 15 is 0 Å². The first-order valence-corrected chi connectivity index (χ1v) is 7.59. The number of benzene rings is 2. The average Bonchev–Trinajstić information content (AvgIpc) is 2.65. The third-order valence-corrected chi connectivity index (χ3v) is 3.55. The number of carbonyl (C=O) groups excluding carboxylic acids is 1. The van der Waals surface area contributed by atoms with Crippen molar-refractivity contribution in [3.05, 3.63) is 93.9 Å². The normalized spacial score (nSPS) is 10.0. The first kappa shape index (κ1) is 16.1. The van der Waals surface area contributed by atoms with E-state index in [1.807, 2.05) is 36.4 Å². The monoisotopic (exact) mass is 330 g/mol. The van der Waals surface area contributed by atoms with Crippen molar-refractivity contribution in [3.63, 3.8) is 0 Å². The van der Waals surface area contributed by atoms with Crippen LogP contribution in [0.3, 0.4) is 0 Å². The molecule has 0 fully saturated rings. The van der Waals surface area contributed by atoms with Crippen LogP contribution in [0.4, 0.5) is 5.69 Å². The predicted octanol–water partition coefficient (Wildman–Crippen LogP) is 2.42. The van der Waals surface area contributed by atoms with Crippen molar-refractivity contribution in [3.8, 4) is 6.07 Å². The molecule has 0 saturated heterocycles. The van der Waals surface area contributed by atoms with Gasteiger partial charge in [0.15, 0.2) is 0 Å². The number of hydrogen-bond acceptors (Lipinski definition) is 4. The summed E-state index contributed by atoms with van der Waals surface area (Å²) >= 11 is 0. The van der Waals surface area contributed by atoms with Crippen molar-refractivity contribution in [2.45, 2.75) is 6.54 Å². The van der Waals surface area contributed by atoms with Crippen LogP contribution in [0.5, 0.6) is 0 Å². The lowest BCUT2D eigenvalue weighted by Gasteiger charge is -2.08. The number of nitriles is 1. The summed E-state index contributed by atoms with van der Waals surface area (Å²) in [5, 5.41) is 15.6. The second-order valence-electron chi connectivity index (χ2n) is 5.34. The zero-order chi connectivity index (χ0) is 17.6. The van der Waals surface area contributed by atoms with Crippen LogP contribution in [0.15, 0.2) is 71.5 Å². The minimum absolute atomic E-state index is 0.139. The molecule has 0 saturated carbocycles. The van der Waals surface area contributed by atoms with Gasteiger partial charge in [0.25, 0.3) is 11.5 Å². The minimum atomic E-state index is -0.425. The number of amides is 1. The van der Waals surface area contributed by atoms with E-state index in [2.05, 4.69) is 10.4 Å². The molecule has 0 aliphatic rings. The average molecular weight is 330 g/mol. The summed E-state index contributed by atoms with van der Waals surface area (Å²) in [7, 11) is 0. The van der Waals surface area contributed by atoms with E-state index in [0.717, 1.165) is 5.56 Å². The van der Waals surface area contributed by atoms with Crippen LogP contribution in [0.1, 0.15) is 21.6 Å². The smallest absolute Gasteiger partial charge is 0.276 e. The molecule has 6 nitrogen and oxygen atoms in total. The fourth-order valence-corrected chi connectivity index (χ4v) is 2.26. The van der Waals surface area contributed by atoms with Crippen molar-refractivity contribution in [1.29, 1.82) is 5.26 Å². The van der Waals surface area contributed by atoms with Gasteiger partial charge in [-0.1, -0.05) is 30.3 Å². The maximum Gasteiger partial charge on any atom is 0.276 e. The van der Waals surface area contributed by atoms with Gasteiger partial charge < -0.3 is 5.32 Å². The van der Waals surface area contributed by atoms with Gasteiger partial charge in [-0.2, -0.15) is 10.4 Å². The van der Waals surface area contributed by atoms with Gasteiger partial charge in [0.1, 0.15) is 5.69 Å². The summed E-state index contributed by atoms with van der Waals surface area (Å²) in [6, 6.07) is 20.6. The van der Waals surface area contributed by atoms with Crippen molar-refractivity contribution < 1.29 is 4.79 Å². The summed E-state index contributed by atoms with van der Waals surface area (Å²) in [6.45, 7) is 0.289. The van der Waals surface area contributed by atoms with Gasteiger partial charge in [-0.15, -0.1) is 0 Å². The summed E-state index contributed by atoms with van der Waals surface area (Å²) < 4.78 is 1.25. The molecule has 3 aromatic rings.